The Morgan fingerprint density at radius 1 is 1.10 bits per heavy atom. The number of hydrogen-bond donors (Lipinski definition) is 1. The molecule has 146 valence electrons. The summed E-state index contributed by atoms with van der Waals surface area (Å²) in [5.74, 6) is 0.218. The summed E-state index contributed by atoms with van der Waals surface area (Å²) in [6.45, 7) is 2.06. The van der Waals surface area contributed by atoms with E-state index in [0.717, 1.165) is 27.0 Å². The van der Waals surface area contributed by atoms with E-state index in [0.29, 0.717) is 0 Å². The van der Waals surface area contributed by atoms with Crippen LogP contribution in [-0.2, 0) is 4.79 Å². The fraction of sp³-hybridized carbons (Fsp3) is 0.136. The number of aromatic nitrogens is 3. The summed E-state index contributed by atoms with van der Waals surface area (Å²) in [6.07, 6.45) is 5.44. The summed E-state index contributed by atoms with van der Waals surface area (Å²) in [5, 5.41) is 6.70. The van der Waals surface area contributed by atoms with Crippen LogP contribution in [0.2, 0.25) is 0 Å². The molecule has 0 aliphatic rings. The Morgan fingerprint density at radius 2 is 1.90 bits per heavy atom. The van der Waals surface area contributed by atoms with Crippen molar-refractivity contribution < 1.29 is 4.79 Å². The molecule has 0 aliphatic heterocycles. The first-order valence-electron chi connectivity index (χ1n) is 9.18. The average Bonchev–Trinajstić information content (AvgIpc) is 3.44. The van der Waals surface area contributed by atoms with Gasteiger partial charge in [0.05, 0.1) is 11.4 Å². The van der Waals surface area contributed by atoms with Gasteiger partial charge in [-0.05, 0) is 24.1 Å². The van der Waals surface area contributed by atoms with Crippen molar-refractivity contribution in [1.29, 1.82) is 0 Å². The van der Waals surface area contributed by atoms with Crippen molar-refractivity contribution in [3.8, 4) is 5.69 Å². The zero-order chi connectivity index (χ0) is 20.1. The smallest absolute Gasteiger partial charge is 0.231 e. The van der Waals surface area contributed by atoms with E-state index in [1.807, 2.05) is 58.6 Å². The molecule has 1 unspecified atom stereocenters. The highest BCUT2D eigenvalue weighted by atomic mass is 32.2. The fourth-order valence-corrected chi connectivity index (χ4v) is 4.55. The Balaban J connectivity index is 1.47. The lowest BCUT2D eigenvalue weighted by molar-refractivity contribution is -0.119. The van der Waals surface area contributed by atoms with Gasteiger partial charge in [0.2, 0.25) is 5.91 Å². The van der Waals surface area contributed by atoms with Gasteiger partial charge < -0.3 is 5.32 Å². The van der Waals surface area contributed by atoms with E-state index in [2.05, 4.69) is 34.3 Å². The molecule has 0 aliphatic carbocycles. The summed E-state index contributed by atoms with van der Waals surface area (Å²) in [5.41, 5.74) is 3.24. The second-order valence-electron chi connectivity index (χ2n) is 6.44. The third-order valence-electron chi connectivity index (χ3n) is 4.45. The van der Waals surface area contributed by atoms with E-state index in [-0.39, 0.29) is 17.7 Å². The van der Waals surface area contributed by atoms with Gasteiger partial charge in [-0.1, -0.05) is 60.3 Å². The highest BCUT2D eigenvalue weighted by molar-refractivity contribution is 7.99. The van der Waals surface area contributed by atoms with Crippen molar-refractivity contribution in [3.05, 3.63) is 94.7 Å². The SMILES string of the molecule is Cc1ccccc1-n1ccnc1SCC(=O)NC(c1ccccc1)c1nccs1. The Kier molecular flexibility index (Phi) is 6.07. The molecule has 7 heteroatoms. The van der Waals surface area contributed by atoms with Crippen LogP contribution in [0, 0.1) is 6.92 Å². The minimum atomic E-state index is -0.250. The predicted molar refractivity (Wildman–Crippen MR) is 118 cm³/mol. The summed E-state index contributed by atoms with van der Waals surface area (Å²) >= 11 is 2.96. The monoisotopic (exact) mass is 420 g/mol. The fourth-order valence-electron chi connectivity index (χ4n) is 3.06. The van der Waals surface area contributed by atoms with Crippen LogP contribution in [0.25, 0.3) is 5.69 Å². The number of amides is 1. The number of carbonyl (C=O) groups excluding carboxylic acids is 1. The van der Waals surface area contributed by atoms with Gasteiger partial charge in [-0.2, -0.15) is 0 Å². The molecule has 0 saturated carbocycles. The maximum atomic E-state index is 12.7. The first kappa shape index (κ1) is 19.4. The standard InChI is InChI=1S/C22H20N4OS2/c1-16-7-5-6-10-18(16)26-13-11-24-22(26)29-15-19(27)25-20(21-23-12-14-28-21)17-8-3-2-4-9-17/h2-14,20H,15H2,1H3,(H,25,27). The second-order valence-corrected chi connectivity index (χ2v) is 8.31. The zero-order valence-electron chi connectivity index (χ0n) is 15.9. The molecular formula is C22H20N4OS2. The van der Waals surface area contributed by atoms with E-state index in [1.165, 1.54) is 23.1 Å². The first-order chi connectivity index (χ1) is 14.2. The van der Waals surface area contributed by atoms with Crippen LogP contribution < -0.4 is 5.32 Å². The molecule has 0 radical (unpaired) electrons. The van der Waals surface area contributed by atoms with Crippen LogP contribution in [0.15, 0.2) is 83.7 Å². The molecule has 0 fully saturated rings. The Bertz CT molecular complexity index is 1080. The summed E-state index contributed by atoms with van der Waals surface area (Å²) < 4.78 is 2.02. The van der Waals surface area contributed by atoms with Crippen molar-refractivity contribution in [3.63, 3.8) is 0 Å². The van der Waals surface area contributed by atoms with Crippen molar-refractivity contribution in [2.45, 2.75) is 18.1 Å². The number of nitrogens with one attached hydrogen (secondary N) is 1. The number of carbonyl (C=O) groups is 1. The second kappa shape index (κ2) is 9.07. The molecule has 1 N–H and O–H groups in total. The zero-order valence-corrected chi connectivity index (χ0v) is 17.5. The molecule has 0 saturated heterocycles. The Hall–Kier alpha value is -2.90. The molecule has 2 aromatic carbocycles. The summed E-state index contributed by atoms with van der Waals surface area (Å²) in [7, 11) is 0. The third kappa shape index (κ3) is 4.58. The minimum Gasteiger partial charge on any atom is -0.342 e. The highest BCUT2D eigenvalue weighted by Crippen LogP contribution is 2.25. The van der Waals surface area contributed by atoms with Gasteiger partial charge >= 0.3 is 0 Å². The maximum absolute atomic E-state index is 12.7. The molecule has 2 aromatic heterocycles. The van der Waals surface area contributed by atoms with Crippen LogP contribution in [0.3, 0.4) is 0 Å². The summed E-state index contributed by atoms with van der Waals surface area (Å²) in [4.78, 5) is 21.6. The Labute approximate surface area is 177 Å². The maximum Gasteiger partial charge on any atom is 0.231 e. The molecule has 2 heterocycles. The molecule has 4 rings (SSSR count). The van der Waals surface area contributed by atoms with E-state index >= 15 is 0 Å². The van der Waals surface area contributed by atoms with E-state index < -0.39 is 0 Å². The van der Waals surface area contributed by atoms with Gasteiger partial charge in [0, 0.05) is 24.0 Å². The highest BCUT2D eigenvalue weighted by Gasteiger charge is 2.19. The van der Waals surface area contributed by atoms with Gasteiger partial charge in [-0.25, -0.2) is 9.97 Å². The molecule has 0 spiro atoms. The molecular weight excluding hydrogens is 400 g/mol. The third-order valence-corrected chi connectivity index (χ3v) is 6.26. The van der Waals surface area contributed by atoms with Crippen LogP contribution in [0.4, 0.5) is 0 Å². The topological polar surface area (TPSA) is 59.8 Å². The van der Waals surface area contributed by atoms with Gasteiger partial charge in [0.25, 0.3) is 0 Å². The molecule has 5 nitrogen and oxygen atoms in total. The molecule has 0 bridgehead atoms. The van der Waals surface area contributed by atoms with Crippen LogP contribution in [0.1, 0.15) is 22.2 Å². The first-order valence-corrected chi connectivity index (χ1v) is 11.0. The van der Waals surface area contributed by atoms with Crippen molar-refractivity contribution in [1.82, 2.24) is 19.9 Å². The molecule has 29 heavy (non-hydrogen) atoms. The van der Waals surface area contributed by atoms with Gasteiger partial charge in [0.15, 0.2) is 5.16 Å². The lowest BCUT2D eigenvalue weighted by Crippen LogP contribution is -2.30. The van der Waals surface area contributed by atoms with Gasteiger partial charge in [-0.15, -0.1) is 11.3 Å². The van der Waals surface area contributed by atoms with Crippen molar-refractivity contribution in [2.24, 2.45) is 0 Å². The van der Waals surface area contributed by atoms with Crippen molar-refractivity contribution >= 4 is 29.0 Å². The number of rotatable bonds is 7. The minimum absolute atomic E-state index is 0.0570. The number of hydrogen-bond acceptors (Lipinski definition) is 5. The quantitative estimate of drug-likeness (QED) is 0.443. The van der Waals surface area contributed by atoms with Crippen LogP contribution in [0.5, 0.6) is 0 Å². The van der Waals surface area contributed by atoms with E-state index in [1.54, 1.807) is 12.4 Å². The molecule has 1 amide bonds. The largest absolute Gasteiger partial charge is 0.342 e. The molecule has 4 aromatic rings. The average molecular weight is 421 g/mol. The van der Waals surface area contributed by atoms with Gasteiger partial charge in [-0.3, -0.25) is 9.36 Å². The number of imidazole rings is 1. The number of thiazole rings is 1. The summed E-state index contributed by atoms with van der Waals surface area (Å²) in [6, 6.07) is 17.8. The predicted octanol–water partition coefficient (Wildman–Crippen LogP) is 4.64. The number of aryl methyl sites for hydroxylation is 1. The van der Waals surface area contributed by atoms with E-state index in [4.69, 9.17) is 0 Å². The lowest BCUT2D eigenvalue weighted by Gasteiger charge is -2.17. The van der Waals surface area contributed by atoms with Crippen LogP contribution >= 0.6 is 23.1 Å². The van der Waals surface area contributed by atoms with E-state index in [9.17, 15) is 4.79 Å². The normalized spacial score (nSPS) is 11.9. The number of nitrogens with zero attached hydrogens (tertiary/aromatic N) is 3. The number of para-hydroxylation sites is 1. The van der Waals surface area contributed by atoms with Crippen molar-refractivity contribution in [2.75, 3.05) is 5.75 Å². The lowest BCUT2D eigenvalue weighted by atomic mass is 10.1. The van der Waals surface area contributed by atoms with Crippen LogP contribution in [-0.4, -0.2) is 26.2 Å². The molecule has 1 atom stereocenters. The number of thioether (sulfide) groups is 1. The number of benzene rings is 2. The Morgan fingerprint density at radius 3 is 2.66 bits per heavy atom. The van der Waals surface area contributed by atoms with Gasteiger partial charge in [0.1, 0.15) is 11.0 Å².